The minimum atomic E-state index is -3.79. The van der Waals surface area contributed by atoms with E-state index in [1.165, 1.54) is 18.3 Å². The predicted molar refractivity (Wildman–Crippen MR) is 54.5 cm³/mol. The summed E-state index contributed by atoms with van der Waals surface area (Å²) in [6.07, 6.45) is 1.48. The van der Waals surface area contributed by atoms with E-state index in [9.17, 15) is 8.42 Å². The van der Waals surface area contributed by atoms with E-state index in [-0.39, 0.29) is 10.6 Å². The van der Waals surface area contributed by atoms with Gasteiger partial charge in [0.25, 0.3) is 0 Å². The van der Waals surface area contributed by atoms with Gasteiger partial charge in [-0.2, -0.15) is 0 Å². The maximum atomic E-state index is 11.2. The fourth-order valence-electron chi connectivity index (χ4n) is 1.08. The maximum absolute atomic E-state index is 11.2. The molecule has 0 unspecified atom stereocenters. The number of hydrogen-bond donors (Lipinski definition) is 1. The smallest absolute Gasteiger partial charge is 0.240 e. The van der Waals surface area contributed by atoms with E-state index in [0.29, 0.717) is 5.69 Å². The second-order valence-corrected chi connectivity index (χ2v) is 4.82. The van der Waals surface area contributed by atoms with Crippen molar-refractivity contribution in [2.24, 2.45) is 5.14 Å². The predicted octanol–water partition coefficient (Wildman–Crippen LogP) is 0.248. The van der Waals surface area contributed by atoms with Crippen LogP contribution in [0, 0.1) is 0 Å². The molecule has 2 rings (SSSR count). The van der Waals surface area contributed by atoms with Gasteiger partial charge < -0.3 is 0 Å². The van der Waals surface area contributed by atoms with Crippen LogP contribution >= 0.6 is 11.5 Å². The Kier molecular flexibility index (Phi) is 2.47. The van der Waals surface area contributed by atoms with Crippen LogP contribution in [0.1, 0.15) is 0 Å². The summed E-state index contributed by atoms with van der Waals surface area (Å²) in [6.45, 7) is 0. The summed E-state index contributed by atoms with van der Waals surface area (Å²) < 4.78 is 26.1. The molecule has 0 aliphatic heterocycles. The molecule has 0 aromatic carbocycles. The van der Waals surface area contributed by atoms with Crippen molar-refractivity contribution < 1.29 is 8.42 Å². The van der Waals surface area contributed by atoms with Gasteiger partial charge in [0.1, 0.15) is 16.3 Å². The minimum absolute atomic E-state index is 0.0438. The Morgan fingerprint density at radius 2 is 2.20 bits per heavy atom. The van der Waals surface area contributed by atoms with Gasteiger partial charge in [-0.05, 0) is 23.7 Å². The molecular weight excluding hydrogens is 236 g/mol. The van der Waals surface area contributed by atoms with Gasteiger partial charge in [0.05, 0.1) is 0 Å². The molecule has 78 valence electrons. The molecule has 0 atom stereocenters. The zero-order valence-electron chi connectivity index (χ0n) is 7.36. The second kappa shape index (κ2) is 3.65. The molecule has 0 saturated carbocycles. The minimum Gasteiger partial charge on any atom is -0.253 e. The third-order valence-corrected chi connectivity index (χ3v) is 3.13. The maximum Gasteiger partial charge on any atom is 0.240 e. The lowest BCUT2D eigenvalue weighted by molar-refractivity contribution is 0.597. The molecule has 0 spiro atoms. The molecule has 2 aromatic rings. The van der Waals surface area contributed by atoms with Crippen LogP contribution in [-0.2, 0) is 10.0 Å². The van der Waals surface area contributed by atoms with Crippen molar-refractivity contribution in [3.05, 3.63) is 23.7 Å². The summed E-state index contributed by atoms with van der Waals surface area (Å²) in [7, 11) is -3.79. The first-order chi connectivity index (χ1) is 7.09. The Labute approximate surface area is 90.0 Å². The molecule has 6 nitrogen and oxygen atoms in total. The zero-order chi connectivity index (χ0) is 10.9. The highest BCUT2D eigenvalue weighted by Crippen LogP contribution is 2.22. The number of pyridine rings is 1. The monoisotopic (exact) mass is 242 g/mol. The molecule has 0 bridgehead atoms. The summed E-state index contributed by atoms with van der Waals surface area (Å²) in [6, 6.07) is 2.89. The summed E-state index contributed by atoms with van der Waals surface area (Å²) in [5.74, 6) is 0. The van der Waals surface area contributed by atoms with Gasteiger partial charge in [-0.15, -0.1) is 5.10 Å². The van der Waals surface area contributed by atoms with Crippen molar-refractivity contribution in [3.8, 4) is 11.4 Å². The third kappa shape index (κ3) is 2.01. The molecule has 15 heavy (non-hydrogen) atoms. The van der Waals surface area contributed by atoms with Gasteiger partial charge in [0.15, 0.2) is 0 Å². The second-order valence-electron chi connectivity index (χ2n) is 2.69. The Morgan fingerprint density at radius 1 is 1.40 bits per heavy atom. The lowest BCUT2D eigenvalue weighted by Gasteiger charge is -2.02. The Balaban J connectivity index is 2.68. The summed E-state index contributed by atoms with van der Waals surface area (Å²) in [5.41, 5.74) is 0.637. The number of nitrogens with zero attached hydrogens (tertiary/aromatic N) is 3. The van der Waals surface area contributed by atoms with E-state index in [4.69, 9.17) is 5.14 Å². The van der Waals surface area contributed by atoms with Crippen LogP contribution in [0.5, 0.6) is 0 Å². The average Bonchev–Trinajstić information content (AvgIpc) is 2.69. The van der Waals surface area contributed by atoms with E-state index < -0.39 is 10.0 Å². The first kappa shape index (κ1) is 10.1. The molecule has 2 aromatic heterocycles. The van der Waals surface area contributed by atoms with Crippen LogP contribution in [0.25, 0.3) is 11.4 Å². The van der Waals surface area contributed by atoms with Gasteiger partial charge in [0, 0.05) is 11.6 Å². The van der Waals surface area contributed by atoms with E-state index in [0.717, 1.165) is 11.5 Å². The largest absolute Gasteiger partial charge is 0.253 e. The Bertz CT molecular complexity index is 564. The quantitative estimate of drug-likeness (QED) is 0.813. The van der Waals surface area contributed by atoms with Gasteiger partial charge in [-0.3, -0.25) is 4.98 Å². The molecular formula is C7H6N4O2S2. The number of primary sulfonamides is 1. The van der Waals surface area contributed by atoms with E-state index in [2.05, 4.69) is 14.6 Å². The Morgan fingerprint density at radius 3 is 2.80 bits per heavy atom. The number of aromatic nitrogens is 3. The van der Waals surface area contributed by atoms with Crippen molar-refractivity contribution in [1.29, 1.82) is 0 Å². The van der Waals surface area contributed by atoms with Crippen LogP contribution in [0.15, 0.2) is 28.6 Å². The zero-order valence-corrected chi connectivity index (χ0v) is 8.99. The van der Waals surface area contributed by atoms with Crippen molar-refractivity contribution >= 4 is 21.6 Å². The topological polar surface area (TPSA) is 98.8 Å². The first-order valence-corrected chi connectivity index (χ1v) is 6.22. The van der Waals surface area contributed by atoms with Crippen LogP contribution in [0.3, 0.4) is 0 Å². The number of sulfonamides is 1. The molecule has 0 fully saturated rings. The van der Waals surface area contributed by atoms with E-state index in [1.807, 2.05) is 0 Å². The number of rotatable bonds is 2. The standard InChI is InChI=1S/C7H6N4O2S2/c8-15(12,13)6-2-1-3-9-7(6)5-4-14-11-10-5/h1-4H,(H2,8,12,13). The van der Waals surface area contributed by atoms with Gasteiger partial charge in [-0.25, -0.2) is 13.6 Å². The van der Waals surface area contributed by atoms with E-state index in [1.54, 1.807) is 5.38 Å². The SMILES string of the molecule is NS(=O)(=O)c1cccnc1-c1csnn1. The molecule has 2 heterocycles. The summed E-state index contributed by atoms with van der Waals surface area (Å²) in [4.78, 5) is 3.89. The first-order valence-electron chi connectivity index (χ1n) is 3.84. The molecule has 0 saturated heterocycles. The van der Waals surface area contributed by atoms with Crippen molar-refractivity contribution in [3.63, 3.8) is 0 Å². The molecule has 8 heteroatoms. The number of nitrogens with two attached hydrogens (primary N) is 1. The fraction of sp³-hybridized carbons (Fsp3) is 0. The van der Waals surface area contributed by atoms with Crippen LogP contribution in [0.4, 0.5) is 0 Å². The van der Waals surface area contributed by atoms with Crippen LogP contribution in [0.2, 0.25) is 0 Å². The van der Waals surface area contributed by atoms with Gasteiger partial charge in [0.2, 0.25) is 10.0 Å². The molecule has 0 aliphatic carbocycles. The lowest BCUT2D eigenvalue weighted by Crippen LogP contribution is -2.14. The highest BCUT2D eigenvalue weighted by molar-refractivity contribution is 7.89. The highest BCUT2D eigenvalue weighted by atomic mass is 32.2. The molecule has 0 aliphatic rings. The van der Waals surface area contributed by atoms with Crippen LogP contribution in [-0.4, -0.2) is 23.0 Å². The third-order valence-electron chi connectivity index (χ3n) is 1.68. The van der Waals surface area contributed by atoms with Gasteiger partial charge >= 0.3 is 0 Å². The van der Waals surface area contributed by atoms with Gasteiger partial charge in [-0.1, -0.05) is 4.49 Å². The van der Waals surface area contributed by atoms with Crippen molar-refractivity contribution in [1.82, 2.24) is 14.6 Å². The normalized spacial score (nSPS) is 11.5. The number of hydrogen-bond acceptors (Lipinski definition) is 6. The molecule has 0 amide bonds. The van der Waals surface area contributed by atoms with Crippen LogP contribution < -0.4 is 5.14 Å². The summed E-state index contributed by atoms with van der Waals surface area (Å²) >= 11 is 1.12. The Hall–Kier alpha value is -1.38. The average molecular weight is 242 g/mol. The van der Waals surface area contributed by atoms with Crippen molar-refractivity contribution in [2.45, 2.75) is 4.90 Å². The fourth-order valence-corrected chi connectivity index (χ4v) is 2.22. The molecule has 2 N–H and O–H groups in total. The van der Waals surface area contributed by atoms with Crippen molar-refractivity contribution in [2.75, 3.05) is 0 Å². The lowest BCUT2D eigenvalue weighted by atomic mass is 10.3. The summed E-state index contributed by atoms with van der Waals surface area (Å²) in [5, 5.41) is 10.4. The van der Waals surface area contributed by atoms with E-state index >= 15 is 0 Å². The molecule has 0 radical (unpaired) electrons. The highest BCUT2D eigenvalue weighted by Gasteiger charge is 2.17.